The molecular formula is C13H21N3O2. The number of nitrogens with one attached hydrogen (secondary N) is 1. The van der Waals surface area contributed by atoms with Crippen LogP contribution >= 0.6 is 0 Å². The first-order chi connectivity index (χ1) is 8.62. The zero-order chi connectivity index (χ0) is 13.5. The van der Waals surface area contributed by atoms with Gasteiger partial charge < -0.3 is 20.7 Å². The molecule has 0 aliphatic carbocycles. The number of hydrogen-bond donors (Lipinski definition) is 2. The number of hydrogen-bond acceptors (Lipinski definition) is 4. The molecule has 3 N–H and O–H groups in total. The molecule has 1 rings (SSSR count). The number of benzene rings is 1. The highest BCUT2D eigenvalue weighted by atomic mass is 16.5. The second-order valence-corrected chi connectivity index (χ2v) is 3.87. The predicted octanol–water partition coefficient (Wildman–Crippen LogP) is 1.56. The van der Waals surface area contributed by atoms with Crippen molar-refractivity contribution in [3.05, 3.63) is 18.2 Å². The first-order valence-electron chi connectivity index (χ1n) is 6.07. The van der Waals surface area contributed by atoms with Crippen LogP contribution in [0.25, 0.3) is 0 Å². The fourth-order valence-electron chi connectivity index (χ4n) is 1.69. The van der Waals surface area contributed by atoms with Crippen molar-refractivity contribution in [2.75, 3.05) is 37.8 Å². The van der Waals surface area contributed by atoms with Gasteiger partial charge in [0.05, 0.1) is 25.0 Å². The smallest absolute Gasteiger partial charge is 0.241 e. The maximum Gasteiger partial charge on any atom is 0.241 e. The van der Waals surface area contributed by atoms with Crippen LogP contribution in [0, 0.1) is 0 Å². The summed E-state index contributed by atoms with van der Waals surface area (Å²) in [4.78, 5) is 13.6. The van der Waals surface area contributed by atoms with Gasteiger partial charge in [-0.3, -0.25) is 4.79 Å². The van der Waals surface area contributed by atoms with Crippen LogP contribution < -0.4 is 15.8 Å². The summed E-state index contributed by atoms with van der Waals surface area (Å²) in [5, 5.41) is 3.04. The number of likely N-dealkylation sites (N-methyl/N-ethyl adjacent to an activating group) is 1. The molecule has 5 nitrogen and oxygen atoms in total. The Balaban J connectivity index is 2.61. The van der Waals surface area contributed by atoms with E-state index >= 15 is 0 Å². The molecule has 1 aromatic rings. The van der Waals surface area contributed by atoms with Crippen molar-refractivity contribution in [1.29, 1.82) is 0 Å². The topological polar surface area (TPSA) is 67.6 Å². The van der Waals surface area contributed by atoms with Crippen LogP contribution in [-0.4, -0.2) is 37.6 Å². The van der Waals surface area contributed by atoms with Gasteiger partial charge in [-0.25, -0.2) is 0 Å². The summed E-state index contributed by atoms with van der Waals surface area (Å²) in [7, 11) is 1.59. The molecule has 5 heteroatoms. The molecule has 0 bridgehead atoms. The van der Waals surface area contributed by atoms with Crippen LogP contribution in [0.2, 0.25) is 0 Å². The fraction of sp³-hybridized carbons (Fsp3) is 0.462. The lowest BCUT2D eigenvalue weighted by atomic mass is 10.2. The van der Waals surface area contributed by atoms with Gasteiger partial charge in [-0.1, -0.05) is 0 Å². The van der Waals surface area contributed by atoms with Gasteiger partial charge in [0.15, 0.2) is 0 Å². The quantitative estimate of drug-likeness (QED) is 0.753. The van der Waals surface area contributed by atoms with Gasteiger partial charge in [0, 0.05) is 19.2 Å². The van der Waals surface area contributed by atoms with Crippen LogP contribution in [0.15, 0.2) is 18.2 Å². The monoisotopic (exact) mass is 251 g/mol. The molecule has 0 saturated carbocycles. The van der Waals surface area contributed by atoms with E-state index < -0.39 is 0 Å². The minimum absolute atomic E-state index is 0.0650. The number of ether oxygens (including phenoxy) is 1. The molecular weight excluding hydrogens is 230 g/mol. The second-order valence-electron chi connectivity index (χ2n) is 3.87. The van der Waals surface area contributed by atoms with Gasteiger partial charge in [-0.15, -0.1) is 0 Å². The van der Waals surface area contributed by atoms with E-state index in [4.69, 9.17) is 10.5 Å². The molecule has 0 aliphatic rings. The van der Waals surface area contributed by atoms with Gasteiger partial charge in [0.25, 0.3) is 0 Å². The molecule has 1 aromatic carbocycles. The molecule has 0 spiro atoms. The predicted molar refractivity (Wildman–Crippen MR) is 73.8 cm³/mol. The number of carbonyl (C=O) groups is 1. The molecule has 100 valence electrons. The first-order valence-corrected chi connectivity index (χ1v) is 6.07. The highest BCUT2D eigenvalue weighted by molar-refractivity contribution is 5.82. The van der Waals surface area contributed by atoms with E-state index in [0.717, 1.165) is 18.8 Å². The third-order valence-electron chi connectivity index (χ3n) is 2.80. The molecule has 0 fully saturated rings. The minimum Gasteiger partial charge on any atom is -0.497 e. The Hall–Kier alpha value is -1.91. The van der Waals surface area contributed by atoms with E-state index in [1.807, 2.05) is 19.9 Å². The van der Waals surface area contributed by atoms with Crippen LogP contribution in [0.4, 0.5) is 11.4 Å². The van der Waals surface area contributed by atoms with E-state index in [1.165, 1.54) is 0 Å². The Labute approximate surface area is 108 Å². The summed E-state index contributed by atoms with van der Waals surface area (Å²) in [6, 6.07) is 5.34. The van der Waals surface area contributed by atoms with Crippen molar-refractivity contribution >= 4 is 17.3 Å². The summed E-state index contributed by atoms with van der Waals surface area (Å²) in [6.07, 6.45) is 0. The van der Waals surface area contributed by atoms with Gasteiger partial charge >= 0.3 is 0 Å². The normalized spacial score (nSPS) is 9.94. The Kier molecular flexibility index (Phi) is 5.30. The van der Waals surface area contributed by atoms with Crippen LogP contribution in [-0.2, 0) is 4.79 Å². The molecule has 0 saturated heterocycles. The SMILES string of the molecule is CCN(CC)C(=O)CNc1ccc(OC)cc1N. The van der Waals surface area contributed by atoms with Crippen molar-refractivity contribution in [2.24, 2.45) is 0 Å². The first kappa shape index (κ1) is 14.2. The second kappa shape index (κ2) is 6.74. The van der Waals surface area contributed by atoms with Gasteiger partial charge in [-0.2, -0.15) is 0 Å². The molecule has 18 heavy (non-hydrogen) atoms. The maximum absolute atomic E-state index is 11.8. The number of methoxy groups -OCH3 is 1. The van der Waals surface area contributed by atoms with Crippen LogP contribution in [0.1, 0.15) is 13.8 Å². The molecule has 0 unspecified atom stereocenters. The van der Waals surface area contributed by atoms with E-state index in [1.54, 1.807) is 24.1 Å². The lowest BCUT2D eigenvalue weighted by Crippen LogP contribution is -2.35. The molecule has 0 aromatic heterocycles. The van der Waals surface area contributed by atoms with Crippen molar-refractivity contribution in [3.8, 4) is 5.75 Å². The number of nitrogens with two attached hydrogens (primary N) is 1. The lowest BCUT2D eigenvalue weighted by molar-refractivity contribution is -0.128. The van der Waals surface area contributed by atoms with Crippen molar-refractivity contribution in [3.63, 3.8) is 0 Å². The summed E-state index contributed by atoms with van der Waals surface area (Å²) in [5.41, 5.74) is 7.17. The number of anilines is 2. The van der Waals surface area contributed by atoms with Crippen molar-refractivity contribution < 1.29 is 9.53 Å². The summed E-state index contributed by atoms with van der Waals surface area (Å²) in [6.45, 7) is 5.61. The molecule has 1 amide bonds. The van der Waals surface area contributed by atoms with Crippen molar-refractivity contribution in [2.45, 2.75) is 13.8 Å². The number of carbonyl (C=O) groups excluding carboxylic acids is 1. The standard InChI is InChI=1S/C13H21N3O2/c1-4-16(5-2)13(17)9-15-12-7-6-10(18-3)8-11(12)14/h6-8,15H,4-5,9,14H2,1-3H3. The maximum atomic E-state index is 11.8. The van der Waals surface area contributed by atoms with E-state index in [0.29, 0.717) is 11.4 Å². The minimum atomic E-state index is 0.0650. The zero-order valence-corrected chi connectivity index (χ0v) is 11.2. The Bertz CT molecular complexity index is 403. The van der Waals surface area contributed by atoms with E-state index in [-0.39, 0.29) is 12.5 Å². The molecule has 0 heterocycles. The Morgan fingerprint density at radius 3 is 2.56 bits per heavy atom. The van der Waals surface area contributed by atoms with Crippen LogP contribution in [0.5, 0.6) is 5.75 Å². The largest absolute Gasteiger partial charge is 0.497 e. The number of nitrogens with zero attached hydrogens (tertiary/aromatic N) is 1. The van der Waals surface area contributed by atoms with Gasteiger partial charge in [-0.05, 0) is 26.0 Å². The third-order valence-corrected chi connectivity index (χ3v) is 2.80. The number of nitrogen functional groups attached to an aromatic ring is 1. The average molecular weight is 251 g/mol. The molecule has 0 radical (unpaired) electrons. The van der Waals surface area contributed by atoms with E-state index in [2.05, 4.69) is 5.32 Å². The van der Waals surface area contributed by atoms with E-state index in [9.17, 15) is 4.79 Å². The summed E-state index contributed by atoms with van der Waals surface area (Å²) in [5.74, 6) is 0.767. The number of amides is 1. The zero-order valence-electron chi connectivity index (χ0n) is 11.2. The number of rotatable bonds is 6. The Morgan fingerprint density at radius 1 is 1.39 bits per heavy atom. The highest BCUT2D eigenvalue weighted by Crippen LogP contribution is 2.23. The van der Waals surface area contributed by atoms with Crippen LogP contribution in [0.3, 0.4) is 0 Å². The van der Waals surface area contributed by atoms with Gasteiger partial charge in [0.2, 0.25) is 5.91 Å². The summed E-state index contributed by atoms with van der Waals surface area (Å²) < 4.78 is 5.07. The van der Waals surface area contributed by atoms with Crippen molar-refractivity contribution in [1.82, 2.24) is 4.90 Å². The average Bonchev–Trinajstić information content (AvgIpc) is 2.38. The molecule has 0 atom stereocenters. The third kappa shape index (κ3) is 3.55. The van der Waals surface area contributed by atoms with Gasteiger partial charge in [0.1, 0.15) is 5.75 Å². The lowest BCUT2D eigenvalue weighted by Gasteiger charge is -2.19. The fourth-order valence-corrected chi connectivity index (χ4v) is 1.69. The molecule has 0 aliphatic heterocycles. The Morgan fingerprint density at radius 2 is 2.06 bits per heavy atom. The highest BCUT2D eigenvalue weighted by Gasteiger charge is 2.09. The summed E-state index contributed by atoms with van der Waals surface area (Å²) >= 11 is 0.